The van der Waals surface area contributed by atoms with Gasteiger partial charge in [0.15, 0.2) is 0 Å². The van der Waals surface area contributed by atoms with Gasteiger partial charge in [-0.15, -0.1) is 0 Å². The minimum atomic E-state index is -0.0120. The highest BCUT2D eigenvalue weighted by Crippen LogP contribution is 2.29. The summed E-state index contributed by atoms with van der Waals surface area (Å²) in [5.41, 5.74) is 2.77. The molecule has 0 aliphatic carbocycles. The van der Waals surface area contributed by atoms with E-state index in [1.54, 1.807) is 31.4 Å². The van der Waals surface area contributed by atoms with Crippen LogP contribution in [0.15, 0.2) is 67.1 Å². The summed E-state index contributed by atoms with van der Waals surface area (Å²) in [6, 6.07) is 16.1. The van der Waals surface area contributed by atoms with Crippen LogP contribution in [0.4, 0.5) is 5.82 Å². The molecule has 1 aliphatic rings. The Labute approximate surface area is 195 Å². The number of para-hydroxylation sites is 1. The lowest BCUT2D eigenvalue weighted by Gasteiger charge is -2.34. The highest BCUT2D eigenvalue weighted by Gasteiger charge is 2.24. The maximum atomic E-state index is 12.5. The number of pyridine rings is 2. The topological polar surface area (TPSA) is 70.6 Å². The zero-order valence-electron chi connectivity index (χ0n) is 19.3. The third kappa shape index (κ3) is 5.68. The van der Waals surface area contributed by atoms with Crippen LogP contribution in [-0.4, -0.2) is 67.2 Å². The Hall–Kier alpha value is -3.45. The molecule has 33 heavy (non-hydrogen) atoms. The van der Waals surface area contributed by atoms with Crippen molar-refractivity contribution >= 4 is 11.7 Å². The van der Waals surface area contributed by atoms with Crippen LogP contribution in [0.25, 0.3) is 11.1 Å². The summed E-state index contributed by atoms with van der Waals surface area (Å²) in [7, 11) is 3.54. The number of rotatable bonds is 8. The number of aromatic nitrogens is 2. The van der Waals surface area contributed by atoms with Crippen molar-refractivity contribution in [2.45, 2.75) is 18.9 Å². The fourth-order valence-corrected chi connectivity index (χ4v) is 4.13. The summed E-state index contributed by atoms with van der Waals surface area (Å²) < 4.78 is 6.08. The van der Waals surface area contributed by atoms with E-state index in [1.807, 2.05) is 48.7 Å². The summed E-state index contributed by atoms with van der Waals surface area (Å²) in [5.74, 6) is 1.64. The van der Waals surface area contributed by atoms with Crippen LogP contribution in [0, 0.1) is 0 Å². The molecule has 0 atom stereocenters. The highest BCUT2D eigenvalue weighted by molar-refractivity contribution is 5.98. The van der Waals surface area contributed by atoms with Gasteiger partial charge in [0.05, 0.1) is 5.56 Å². The van der Waals surface area contributed by atoms with Crippen molar-refractivity contribution in [2.75, 3.05) is 45.2 Å². The maximum absolute atomic E-state index is 12.5. The Balaban J connectivity index is 1.26. The molecule has 4 rings (SSSR count). The summed E-state index contributed by atoms with van der Waals surface area (Å²) in [4.78, 5) is 25.0. The van der Waals surface area contributed by atoms with E-state index in [0.29, 0.717) is 18.2 Å². The molecule has 0 spiro atoms. The molecule has 7 heteroatoms. The Morgan fingerprint density at radius 2 is 1.88 bits per heavy atom. The van der Waals surface area contributed by atoms with E-state index < -0.39 is 0 Å². The van der Waals surface area contributed by atoms with Gasteiger partial charge in [0.2, 0.25) is 0 Å². The van der Waals surface area contributed by atoms with E-state index in [0.717, 1.165) is 55.2 Å². The van der Waals surface area contributed by atoms with Gasteiger partial charge in [-0.2, -0.15) is 0 Å². The SMILES string of the molecule is CN(C)C(=O)c1cccnc1N1CCC(NCCOc2ccccc2-c2cccnc2)CC1. The smallest absolute Gasteiger partial charge is 0.257 e. The van der Waals surface area contributed by atoms with E-state index in [4.69, 9.17) is 4.74 Å². The first-order valence-electron chi connectivity index (χ1n) is 11.4. The van der Waals surface area contributed by atoms with Crippen molar-refractivity contribution in [3.8, 4) is 16.9 Å². The van der Waals surface area contributed by atoms with Crippen molar-refractivity contribution < 1.29 is 9.53 Å². The predicted molar refractivity (Wildman–Crippen MR) is 131 cm³/mol. The molecule has 1 aliphatic heterocycles. The molecule has 0 radical (unpaired) electrons. The highest BCUT2D eigenvalue weighted by atomic mass is 16.5. The standard InChI is InChI=1S/C26H31N5O2/c1-30(2)26(32)23-9-6-14-29-25(23)31-16-11-21(12-17-31)28-15-18-33-24-10-4-3-8-22(24)20-7-5-13-27-19-20/h3-10,13-14,19,21,28H,11-12,15-18H2,1-2H3. The molecule has 172 valence electrons. The number of carbonyl (C=O) groups excluding carboxylic acids is 1. The summed E-state index contributed by atoms with van der Waals surface area (Å²) in [6.07, 6.45) is 7.38. The van der Waals surface area contributed by atoms with Crippen LogP contribution in [-0.2, 0) is 0 Å². The molecule has 0 saturated carbocycles. The van der Waals surface area contributed by atoms with Crippen molar-refractivity contribution in [3.05, 3.63) is 72.7 Å². The van der Waals surface area contributed by atoms with Crippen molar-refractivity contribution in [2.24, 2.45) is 0 Å². The average Bonchev–Trinajstić information content (AvgIpc) is 2.87. The van der Waals surface area contributed by atoms with Crippen LogP contribution >= 0.6 is 0 Å². The van der Waals surface area contributed by atoms with E-state index in [9.17, 15) is 4.79 Å². The second-order valence-corrected chi connectivity index (χ2v) is 8.38. The summed E-state index contributed by atoms with van der Waals surface area (Å²) in [6.45, 7) is 3.11. The molecule has 1 amide bonds. The molecule has 2 aromatic heterocycles. The monoisotopic (exact) mass is 445 g/mol. The first kappa shape index (κ1) is 22.7. The molecule has 0 bridgehead atoms. The largest absolute Gasteiger partial charge is 0.492 e. The second kappa shape index (κ2) is 10.9. The predicted octanol–water partition coefficient (Wildman–Crippen LogP) is 3.48. The number of carbonyl (C=O) groups is 1. The Morgan fingerprint density at radius 1 is 1.09 bits per heavy atom. The number of benzene rings is 1. The lowest BCUT2D eigenvalue weighted by atomic mass is 10.0. The van der Waals surface area contributed by atoms with Gasteiger partial charge < -0.3 is 19.9 Å². The number of hydrogen-bond acceptors (Lipinski definition) is 6. The van der Waals surface area contributed by atoms with Gasteiger partial charge in [-0.3, -0.25) is 9.78 Å². The zero-order valence-corrected chi connectivity index (χ0v) is 19.3. The van der Waals surface area contributed by atoms with Crippen molar-refractivity contribution in [3.63, 3.8) is 0 Å². The third-order valence-corrected chi connectivity index (χ3v) is 5.87. The molecule has 1 aromatic carbocycles. The fourth-order valence-electron chi connectivity index (χ4n) is 4.13. The lowest BCUT2D eigenvalue weighted by molar-refractivity contribution is 0.0827. The van der Waals surface area contributed by atoms with Gasteiger partial charge in [0.25, 0.3) is 5.91 Å². The van der Waals surface area contributed by atoms with Gasteiger partial charge in [-0.25, -0.2) is 4.98 Å². The molecule has 3 heterocycles. The number of anilines is 1. The molecular formula is C26H31N5O2. The zero-order chi connectivity index (χ0) is 23.0. The first-order valence-corrected chi connectivity index (χ1v) is 11.4. The van der Waals surface area contributed by atoms with Gasteiger partial charge in [0.1, 0.15) is 18.2 Å². The molecule has 1 saturated heterocycles. The van der Waals surface area contributed by atoms with Crippen LogP contribution < -0.4 is 15.0 Å². The van der Waals surface area contributed by atoms with Crippen molar-refractivity contribution in [1.82, 2.24) is 20.2 Å². The second-order valence-electron chi connectivity index (χ2n) is 8.38. The summed E-state index contributed by atoms with van der Waals surface area (Å²) in [5, 5.41) is 3.62. The Morgan fingerprint density at radius 3 is 2.64 bits per heavy atom. The molecular weight excluding hydrogens is 414 g/mol. The van der Waals surface area contributed by atoms with Crippen molar-refractivity contribution in [1.29, 1.82) is 0 Å². The quantitative estimate of drug-likeness (QED) is 0.536. The first-order chi connectivity index (χ1) is 16.1. The normalized spacial score (nSPS) is 14.2. The number of hydrogen-bond donors (Lipinski definition) is 1. The van der Waals surface area contributed by atoms with E-state index in [-0.39, 0.29) is 5.91 Å². The number of ether oxygens (including phenoxy) is 1. The van der Waals surface area contributed by atoms with E-state index >= 15 is 0 Å². The third-order valence-electron chi connectivity index (χ3n) is 5.87. The molecule has 0 unspecified atom stereocenters. The van der Waals surface area contributed by atoms with Gasteiger partial charge in [0, 0.05) is 69.5 Å². The number of nitrogens with zero attached hydrogens (tertiary/aromatic N) is 4. The molecule has 1 fully saturated rings. The summed E-state index contributed by atoms with van der Waals surface area (Å²) >= 11 is 0. The molecule has 3 aromatic rings. The Bertz CT molecular complexity index is 1050. The van der Waals surface area contributed by atoms with Crippen LogP contribution in [0.5, 0.6) is 5.75 Å². The van der Waals surface area contributed by atoms with E-state index in [2.05, 4.69) is 26.3 Å². The van der Waals surface area contributed by atoms with Crippen LogP contribution in [0.2, 0.25) is 0 Å². The number of amides is 1. The maximum Gasteiger partial charge on any atom is 0.257 e. The minimum absolute atomic E-state index is 0.0120. The minimum Gasteiger partial charge on any atom is -0.492 e. The van der Waals surface area contributed by atoms with Crippen LogP contribution in [0.1, 0.15) is 23.2 Å². The number of piperidine rings is 1. The Kier molecular flexibility index (Phi) is 7.52. The lowest BCUT2D eigenvalue weighted by Crippen LogP contribution is -2.44. The van der Waals surface area contributed by atoms with E-state index in [1.165, 1.54) is 0 Å². The molecule has 7 nitrogen and oxygen atoms in total. The fraction of sp³-hybridized carbons (Fsp3) is 0.346. The van der Waals surface area contributed by atoms with Gasteiger partial charge in [-0.05, 0) is 37.1 Å². The van der Waals surface area contributed by atoms with Gasteiger partial charge in [-0.1, -0.05) is 24.3 Å². The van der Waals surface area contributed by atoms with Gasteiger partial charge >= 0.3 is 0 Å². The number of nitrogens with one attached hydrogen (secondary N) is 1. The molecule has 1 N–H and O–H groups in total. The average molecular weight is 446 g/mol. The van der Waals surface area contributed by atoms with Crippen LogP contribution in [0.3, 0.4) is 0 Å².